The fraction of sp³-hybridized carbons (Fsp3) is 0.278. The minimum atomic E-state index is -0.169. The molecule has 1 N–H and O–H groups in total. The maximum atomic E-state index is 12.7. The number of aromatic nitrogens is 5. The van der Waals surface area contributed by atoms with Crippen LogP contribution in [0.4, 0.5) is 11.5 Å². The summed E-state index contributed by atoms with van der Waals surface area (Å²) >= 11 is 12.1. The zero-order chi connectivity index (χ0) is 19.5. The van der Waals surface area contributed by atoms with Crippen LogP contribution in [0.15, 0.2) is 43.0 Å². The van der Waals surface area contributed by atoms with Gasteiger partial charge in [0.2, 0.25) is 5.91 Å². The molecule has 0 aliphatic carbocycles. The van der Waals surface area contributed by atoms with Gasteiger partial charge in [0.1, 0.15) is 12.7 Å². The molecule has 1 fully saturated rings. The van der Waals surface area contributed by atoms with Crippen LogP contribution in [0, 0.1) is 5.92 Å². The van der Waals surface area contributed by atoms with Gasteiger partial charge in [0.15, 0.2) is 11.6 Å². The lowest BCUT2D eigenvalue weighted by molar-refractivity contribution is -0.120. The Morgan fingerprint density at radius 2 is 1.96 bits per heavy atom. The fourth-order valence-electron chi connectivity index (χ4n) is 3.16. The van der Waals surface area contributed by atoms with Crippen LogP contribution >= 0.6 is 23.2 Å². The van der Waals surface area contributed by atoms with Crippen LogP contribution in [0.3, 0.4) is 0 Å². The topological polar surface area (TPSA) is 88.8 Å². The summed E-state index contributed by atoms with van der Waals surface area (Å²) in [6, 6.07) is 8.71. The predicted octanol–water partition coefficient (Wildman–Crippen LogP) is 3.22. The number of hydrogen-bond donors (Lipinski definition) is 1. The summed E-state index contributed by atoms with van der Waals surface area (Å²) in [5.41, 5.74) is 0.560. The van der Waals surface area contributed by atoms with Crippen molar-refractivity contribution in [1.82, 2.24) is 25.0 Å². The lowest BCUT2D eigenvalue weighted by Crippen LogP contribution is -2.41. The molecule has 1 saturated heterocycles. The molecule has 3 heterocycles. The van der Waals surface area contributed by atoms with Crippen LogP contribution in [-0.2, 0) is 4.79 Å². The summed E-state index contributed by atoms with van der Waals surface area (Å²) < 4.78 is 1.54. The number of carbonyl (C=O) groups excluding carboxylic acids is 1. The van der Waals surface area contributed by atoms with Crippen LogP contribution in [0.25, 0.3) is 5.82 Å². The highest BCUT2D eigenvalue weighted by Crippen LogP contribution is 2.27. The largest absolute Gasteiger partial charge is 0.354 e. The number of benzene rings is 1. The molecule has 1 aromatic carbocycles. The molecule has 4 rings (SSSR count). The van der Waals surface area contributed by atoms with Gasteiger partial charge in [0, 0.05) is 18.1 Å². The van der Waals surface area contributed by atoms with Crippen molar-refractivity contribution in [3.05, 3.63) is 53.0 Å². The van der Waals surface area contributed by atoms with Gasteiger partial charge in [-0.2, -0.15) is 5.10 Å². The van der Waals surface area contributed by atoms with Gasteiger partial charge < -0.3 is 10.2 Å². The monoisotopic (exact) mass is 417 g/mol. The van der Waals surface area contributed by atoms with Crippen LogP contribution < -0.4 is 10.2 Å². The highest BCUT2D eigenvalue weighted by molar-refractivity contribution is 6.36. The number of piperidine rings is 1. The Labute approximate surface area is 171 Å². The number of halogens is 2. The lowest BCUT2D eigenvalue weighted by Gasteiger charge is -2.32. The first-order valence-electron chi connectivity index (χ1n) is 8.80. The van der Waals surface area contributed by atoms with Crippen molar-refractivity contribution >= 4 is 40.6 Å². The zero-order valence-corrected chi connectivity index (χ0v) is 16.3. The van der Waals surface area contributed by atoms with Crippen LogP contribution in [0.5, 0.6) is 0 Å². The van der Waals surface area contributed by atoms with Gasteiger partial charge in [-0.15, -0.1) is 10.2 Å². The summed E-state index contributed by atoms with van der Waals surface area (Å²) in [5, 5.41) is 16.3. The van der Waals surface area contributed by atoms with Gasteiger partial charge >= 0.3 is 0 Å². The van der Waals surface area contributed by atoms with E-state index in [1.54, 1.807) is 29.2 Å². The van der Waals surface area contributed by atoms with Crippen LogP contribution in [0.2, 0.25) is 10.0 Å². The normalized spacial score (nSPS) is 16.8. The maximum Gasteiger partial charge on any atom is 0.229 e. The lowest BCUT2D eigenvalue weighted by atomic mass is 9.97. The highest BCUT2D eigenvalue weighted by Gasteiger charge is 2.27. The van der Waals surface area contributed by atoms with Crippen LogP contribution in [-0.4, -0.2) is 44.0 Å². The van der Waals surface area contributed by atoms with E-state index < -0.39 is 0 Å². The highest BCUT2D eigenvalue weighted by atomic mass is 35.5. The number of nitrogens with zero attached hydrogens (tertiary/aromatic N) is 6. The molecule has 1 aliphatic heterocycles. The summed E-state index contributed by atoms with van der Waals surface area (Å²) in [5.74, 6) is 1.08. The molecule has 144 valence electrons. The first-order valence-corrected chi connectivity index (χ1v) is 9.55. The minimum absolute atomic E-state index is 0.0684. The molecular formula is C18H17Cl2N7O. The number of carbonyl (C=O) groups is 1. The molecule has 3 aromatic rings. The third-order valence-electron chi connectivity index (χ3n) is 4.60. The number of hydrogen-bond acceptors (Lipinski definition) is 6. The number of rotatable bonds is 4. The molecule has 8 nitrogen and oxygen atoms in total. The Balaban J connectivity index is 1.43. The maximum absolute atomic E-state index is 12.7. The summed E-state index contributed by atoms with van der Waals surface area (Å²) in [6.07, 6.45) is 4.69. The number of nitrogens with one attached hydrogen (secondary N) is 1. The first-order chi connectivity index (χ1) is 13.6. The van der Waals surface area contributed by atoms with Crippen molar-refractivity contribution in [3.8, 4) is 5.82 Å². The van der Waals surface area contributed by atoms with E-state index in [0.29, 0.717) is 28.1 Å². The molecule has 10 heteroatoms. The SMILES string of the molecule is O=C(Nc1ccc(Cl)cc1Cl)C1CCCN(c2ccc(-n3cncn3)nn2)C1. The molecule has 1 atom stereocenters. The molecule has 2 aromatic heterocycles. The molecule has 1 aliphatic rings. The van der Waals surface area contributed by atoms with Crippen molar-refractivity contribution in [2.45, 2.75) is 12.8 Å². The summed E-state index contributed by atoms with van der Waals surface area (Å²) in [4.78, 5) is 18.7. The molecule has 28 heavy (non-hydrogen) atoms. The zero-order valence-electron chi connectivity index (χ0n) is 14.8. The summed E-state index contributed by atoms with van der Waals surface area (Å²) in [7, 11) is 0. The first kappa shape index (κ1) is 18.6. The van der Waals surface area contributed by atoms with Crippen molar-refractivity contribution in [3.63, 3.8) is 0 Å². The third kappa shape index (κ3) is 4.07. The van der Waals surface area contributed by atoms with Gasteiger partial charge in [-0.25, -0.2) is 9.67 Å². The van der Waals surface area contributed by atoms with Gasteiger partial charge in [-0.1, -0.05) is 23.2 Å². The number of amides is 1. The fourth-order valence-corrected chi connectivity index (χ4v) is 3.62. The van der Waals surface area contributed by atoms with Gasteiger partial charge in [-0.05, 0) is 43.2 Å². The molecule has 1 amide bonds. The Bertz CT molecular complexity index is 963. The van der Waals surface area contributed by atoms with Crippen molar-refractivity contribution in [1.29, 1.82) is 0 Å². The Morgan fingerprint density at radius 3 is 2.68 bits per heavy atom. The molecule has 0 radical (unpaired) electrons. The Hall–Kier alpha value is -2.71. The molecule has 1 unspecified atom stereocenters. The average Bonchev–Trinajstić information content (AvgIpc) is 3.25. The van der Waals surface area contributed by atoms with Gasteiger partial charge in [0.05, 0.1) is 16.6 Å². The van der Waals surface area contributed by atoms with Crippen molar-refractivity contribution in [2.24, 2.45) is 5.92 Å². The summed E-state index contributed by atoms with van der Waals surface area (Å²) in [6.45, 7) is 1.39. The van der Waals surface area contributed by atoms with E-state index in [-0.39, 0.29) is 11.8 Å². The Kier molecular flexibility index (Phi) is 5.40. The molecule has 0 bridgehead atoms. The average molecular weight is 418 g/mol. The van der Waals surface area contributed by atoms with E-state index in [2.05, 4.69) is 30.5 Å². The van der Waals surface area contributed by atoms with E-state index in [1.165, 1.54) is 6.33 Å². The van der Waals surface area contributed by atoms with E-state index >= 15 is 0 Å². The second-order valence-corrected chi connectivity index (χ2v) is 7.33. The standard InChI is InChI=1S/C18H17Cl2N7O/c19-13-3-4-15(14(20)8-13)23-18(28)12-2-1-7-26(9-12)16-5-6-17(25-24-16)27-11-21-10-22-27/h3-6,8,10-12H,1-2,7,9H2,(H,23,28). The van der Waals surface area contributed by atoms with E-state index in [1.807, 2.05) is 12.1 Å². The quantitative estimate of drug-likeness (QED) is 0.700. The molecule has 0 saturated carbocycles. The van der Waals surface area contributed by atoms with E-state index in [9.17, 15) is 4.79 Å². The Morgan fingerprint density at radius 1 is 1.14 bits per heavy atom. The second kappa shape index (κ2) is 8.12. The van der Waals surface area contributed by atoms with Crippen LogP contribution in [0.1, 0.15) is 12.8 Å². The predicted molar refractivity (Wildman–Crippen MR) is 107 cm³/mol. The van der Waals surface area contributed by atoms with Crippen molar-refractivity contribution < 1.29 is 4.79 Å². The van der Waals surface area contributed by atoms with Gasteiger partial charge in [0.25, 0.3) is 0 Å². The molecule has 0 spiro atoms. The van der Waals surface area contributed by atoms with E-state index in [0.717, 1.165) is 25.2 Å². The van der Waals surface area contributed by atoms with E-state index in [4.69, 9.17) is 23.2 Å². The van der Waals surface area contributed by atoms with Gasteiger partial charge in [-0.3, -0.25) is 4.79 Å². The molecular weight excluding hydrogens is 401 g/mol. The minimum Gasteiger partial charge on any atom is -0.354 e. The third-order valence-corrected chi connectivity index (χ3v) is 5.14. The van der Waals surface area contributed by atoms with Crippen molar-refractivity contribution in [2.75, 3.05) is 23.3 Å². The number of anilines is 2. The smallest absolute Gasteiger partial charge is 0.229 e. The second-order valence-electron chi connectivity index (χ2n) is 6.49.